The van der Waals surface area contributed by atoms with Crippen LogP contribution in [0.1, 0.15) is 35.1 Å². The van der Waals surface area contributed by atoms with Crippen molar-refractivity contribution in [3.63, 3.8) is 0 Å². The van der Waals surface area contributed by atoms with Crippen molar-refractivity contribution in [2.75, 3.05) is 26.2 Å². The molecule has 1 aromatic rings. The Morgan fingerprint density at radius 1 is 1.35 bits per heavy atom. The lowest BCUT2D eigenvalue weighted by molar-refractivity contribution is 0.0762. The molecular weight excluding hydrogens is 296 g/mol. The summed E-state index contributed by atoms with van der Waals surface area (Å²) in [7, 11) is 0. The van der Waals surface area contributed by atoms with Crippen LogP contribution in [0, 0.1) is 11.8 Å². The number of hydrogen-bond acceptors (Lipinski definition) is 5. The predicted molar refractivity (Wildman–Crippen MR) is 81.5 cm³/mol. The molecule has 1 aromatic heterocycles. The van der Waals surface area contributed by atoms with Crippen molar-refractivity contribution in [2.45, 2.75) is 26.2 Å². The van der Waals surface area contributed by atoms with E-state index in [-0.39, 0.29) is 18.3 Å². The quantitative estimate of drug-likeness (QED) is 0.900. The van der Waals surface area contributed by atoms with Crippen LogP contribution in [0.5, 0.6) is 0 Å². The highest BCUT2D eigenvalue weighted by Gasteiger charge is 2.32. The summed E-state index contributed by atoms with van der Waals surface area (Å²) >= 11 is 1.24. The fourth-order valence-electron chi connectivity index (χ4n) is 3.17. The van der Waals surface area contributed by atoms with Gasteiger partial charge in [0.1, 0.15) is 4.88 Å². The second kappa shape index (κ2) is 6.83. The summed E-state index contributed by atoms with van der Waals surface area (Å²) in [5.74, 6) is 1.64. The van der Waals surface area contributed by atoms with Crippen LogP contribution in [0.3, 0.4) is 0 Å². The zero-order chi connectivity index (χ0) is 13.2. The average Bonchev–Trinajstić information content (AvgIpc) is 3.03. The molecule has 0 aliphatic carbocycles. The number of amides is 1. The second-order valence-corrected chi connectivity index (χ2v) is 6.20. The average molecular weight is 317 g/mol. The van der Waals surface area contributed by atoms with Crippen LogP contribution in [-0.2, 0) is 6.42 Å². The van der Waals surface area contributed by atoms with Gasteiger partial charge in [0, 0.05) is 13.1 Å². The number of carbonyl (C=O) groups is 1. The van der Waals surface area contributed by atoms with Crippen molar-refractivity contribution in [1.29, 1.82) is 0 Å². The van der Waals surface area contributed by atoms with Crippen LogP contribution < -0.4 is 5.32 Å². The fraction of sp³-hybridized carbons (Fsp3) is 0.769. The highest BCUT2D eigenvalue weighted by molar-refractivity contribution is 7.08. The van der Waals surface area contributed by atoms with Gasteiger partial charge in [-0.05, 0) is 55.7 Å². The number of likely N-dealkylation sites (tertiary alicyclic amines) is 1. The number of nitrogens with one attached hydrogen (secondary N) is 1. The zero-order valence-corrected chi connectivity index (χ0v) is 13.3. The summed E-state index contributed by atoms with van der Waals surface area (Å²) < 4.78 is 3.92. The van der Waals surface area contributed by atoms with Crippen molar-refractivity contribution < 1.29 is 4.79 Å². The van der Waals surface area contributed by atoms with Gasteiger partial charge in [-0.1, -0.05) is 11.4 Å². The standard InChI is InChI=1S/C13H20N4OS.ClH/c1-2-11-12(19-16-15-11)13(18)17-5-3-9-7-14-8-10(9)4-6-17;/h9-10,14H,2-8H2,1H3;1H/t9-,10+;. The molecule has 7 heteroatoms. The van der Waals surface area contributed by atoms with Gasteiger partial charge in [-0.15, -0.1) is 17.5 Å². The number of rotatable bonds is 2. The Hall–Kier alpha value is -0.720. The molecule has 112 valence electrons. The molecule has 1 N–H and O–H groups in total. The van der Waals surface area contributed by atoms with Gasteiger partial charge >= 0.3 is 0 Å². The highest BCUT2D eigenvalue weighted by Crippen LogP contribution is 2.28. The number of halogens is 1. The Kier molecular flexibility index (Phi) is 5.35. The smallest absolute Gasteiger partial charge is 0.267 e. The lowest BCUT2D eigenvalue weighted by atomic mass is 9.92. The van der Waals surface area contributed by atoms with Crippen molar-refractivity contribution >= 4 is 29.8 Å². The molecule has 5 nitrogen and oxygen atoms in total. The fourth-order valence-corrected chi connectivity index (χ4v) is 3.89. The maximum absolute atomic E-state index is 12.6. The molecule has 0 spiro atoms. The predicted octanol–water partition coefficient (Wildman–Crippen LogP) is 1.59. The molecular formula is C13H21ClN4OS. The normalized spacial score (nSPS) is 25.8. The Morgan fingerprint density at radius 3 is 2.60 bits per heavy atom. The van der Waals surface area contributed by atoms with Crippen molar-refractivity contribution in [1.82, 2.24) is 19.8 Å². The van der Waals surface area contributed by atoms with Crippen LogP contribution in [-0.4, -0.2) is 46.6 Å². The Balaban J connectivity index is 0.00000147. The molecule has 2 fully saturated rings. The van der Waals surface area contributed by atoms with E-state index in [9.17, 15) is 4.79 Å². The summed E-state index contributed by atoms with van der Waals surface area (Å²) in [4.78, 5) is 15.3. The van der Waals surface area contributed by atoms with Gasteiger partial charge in [-0.25, -0.2) is 0 Å². The molecule has 3 heterocycles. The van der Waals surface area contributed by atoms with Gasteiger partial charge in [-0.2, -0.15) is 0 Å². The molecule has 0 aromatic carbocycles. The second-order valence-electron chi connectivity index (χ2n) is 5.45. The molecule has 2 atom stereocenters. The summed E-state index contributed by atoms with van der Waals surface area (Å²) in [5, 5.41) is 7.50. The minimum Gasteiger partial charge on any atom is -0.338 e. The Labute approximate surface area is 129 Å². The van der Waals surface area contributed by atoms with Crippen molar-refractivity contribution in [3.8, 4) is 0 Å². The number of hydrogen-bond donors (Lipinski definition) is 1. The van der Waals surface area contributed by atoms with E-state index in [1.54, 1.807) is 0 Å². The summed E-state index contributed by atoms with van der Waals surface area (Å²) in [6, 6.07) is 0. The molecule has 1 amide bonds. The third-order valence-corrected chi connectivity index (χ3v) is 5.15. The number of aryl methyl sites for hydroxylation is 1. The summed E-state index contributed by atoms with van der Waals surface area (Å²) in [6.07, 6.45) is 3.02. The van der Waals surface area contributed by atoms with Crippen LogP contribution in [0.15, 0.2) is 0 Å². The Morgan fingerprint density at radius 2 is 2.00 bits per heavy atom. The zero-order valence-electron chi connectivity index (χ0n) is 11.7. The van der Waals surface area contributed by atoms with Gasteiger partial charge in [-0.3, -0.25) is 4.79 Å². The van der Waals surface area contributed by atoms with Crippen LogP contribution in [0.25, 0.3) is 0 Å². The molecule has 0 bridgehead atoms. The van der Waals surface area contributed by atoms with E-state index >= 15 is 0 Å². The van der Waals surface area contributed by atoms with Gasteiger partial charge in [0.15, 0.2) is 0 Å². The van der Waals surface area contributed by atoms with Gasteiger partial charge < -0.3 is 10.2 Å². The van der Waals surface area contributed by atoms with E-state index in [1.807, 2.05) is 11.8 Å². The van der Waals surface area contributed by atoms with E-state index in [4.69, 9.17) is 0 Å². The Bertz CT molecular complexity index is 453. The first-order chi connectivity index (χ1) is 9.29. The number of carbonyl (C=O) groups excluding carboxylic acids is 1. The van der Waals surface area contributed by atoms with Crippen LogP contribution in [0.4, 0.5) is 0 Å². The first-order valence-electron chi connectivity index (χ1n) is 7.10. The van der Waals surface area contributed by atoms with Crippen LogP contribution >= 0.6 is 23.9 Å². The van der Waals surface area contributed by atoms with Gasteiger partial charge in [0.2, 0.25) is 0 Å². The monoisotopic (exact) mass is 316 g/mol. The minimum atomic E-state index is 0. The number of aromatic nitrogens is 2. The third-order valence-electron chi connectivity index (χ3n) is 4.39. The maximum Gasteiger partial charge on any atom is 0.267 e. The molecule has 3 rings (SSSR count). The number of nitrogens with zero attached hydrogens (tertiary/aromatic N) is 3. The summed E-state index contributed by atoms with van der Waals surface area (Å²) in [6.45, 7) is 6.02. The lowest BCUT2D eigenvalue weighted by Gasteiger charge is -2.20. The number of fused-ring (bicyclic) bond motifs is 1. The molecule has 0 unspecified atom stereocenters. The first kappa shape index (κ1) is 15.7. The lowest BCUT2D eigenvalue weighted by Crippen LogP contribution is -2.32. The molecule has 0 saturated carbocycles. The topological polar surface area (TPSA) is 58.1 Å². The third kappa shape index (κ3) is 2.97. The minimum absolute atomic E-state index is 0. The van der Waals surface area contributed by atoms with Gasteiger partial charge in [0.25, 0.3) is 5.91 Å². The molecule has 2 aliphatic heterocycles. The van der Waals surface area contributed by atoms with Crippen molar-refractivity contribution in [2.24, 2.45) is 11.8 Å². The van der Waals surface area contributed by atoms with E-state index < -0.39 is 0 Å². The van der Waals surface area contributed by atoms with E-state index in [0.29, 0.717) is 0 Å². The van der Waals surface area contributed by atoms with E-state index in [0.717, 1.165) is 67.8 Å². The molecule has 2 aliphatic rings. The van der Waals surface area contributed by atoms with Gasteiger partial charge in [0.05, 0.1) is 5.69 Å². The maximum atomic E-state index is 12.6. The van der Waals surface area contributed by atoms with E-state index in [1.165, 1.54) is 11.5 Å². The SMILES string of the molecule is CCc1nnsc1C(=O)N1CC[C@@H]2CNC[C@@H]2CC1.Cl. The van der Waals surface area contributed by atoms with E-state index in [2.05, 4.69) is 14.9 Å². The molecule has 20 heavy (non-hydrogen) atoms. The summed E-state index contributed by atoms with van der Waals surface area (Å²) in [5.41, 5.74) is 0.848. The largest absolute Gasteiger partial charge is 0.338 e. The molecule has 0 radical (unpaired) electrons. The first-order valence-corrected chi connectivity index (χ1v) is 7.88. The molecule has 2 saturated heterocycles. The highest BCUT2D eigenvalue weighted by atomic mass is 35.5. The van der Waals surface area contributed by atoms with Crippen LogP contribution in [0.2, 0.25) is 0 Å². The van der Waals surface area contributed by atoms with Crippen molar-refractivity contribution in [3.05, 3.63) is 10.6 Å².